The van der Waals surface area contributed by atoms with Crippen molar-refractivity contribution in [2.45, 2.75) is 31.2 Å². The molecule has 114 valence electrons. The number of amides is 2. The van der Waals surface area contributed by atoms with Crippen LogP contribution in [0.1, 0.15) is 31.1 Å². The van der Waals surface area contributed by atoms with Crippen molar-refractivity contribution in [1.82, 2.24) is 10.6 Å². The van der Waals surface area contributed by atoms with Gasteiger partial charge in [-0.15, -0.1) is 0 Å². The topological polar surface area (TPSA) is 84.2 Å². The van der Waals surface area contributed by atoms with E-state index in [9.17, 15) is 9.59 Å². The maximum Gasteiger partial charge on any atom is 0.252 e. The Bertz CT molecular complexity index is 553. The predicted molar refractivity (Wildman–Crippen MR) is 89.3 cm³/mol. The molecule has 0 aliphatic rings. The first-order valence-electron chi connectivity index (χ1n) is 6.34. The van der Waals surface area contributed by atoms with E-state index >= 15 is 0 Å². The van der Waals surface area contributed by atoms with E-state index in [1.54, 1.807) is 18.2 Å². The minimum Gasteiger partial charge on any atom is -0.368 e. The number of thioether (sulfide) groups is 1. The van der Waals surface area contributed by atoms with E-state index < -0.39 is 5.91 Å². The summed E-state index contributed by atoms with van der Waals surface area (Å²) in [6.07, 6.45) is 0. The van der Waals surface area contributed by atoms with E-state index in [-0.39, 0.29) is 18.0 Å². The van der Waals surface area contributed by atoms with Gasteiger partial charge in [0, 0.05) is 10.4 Å². The summed E-state index contributed by atoms with van der Waals surface area (Å²) in [4.78, 5) is 23.5. The lowest BCUT2D eigenvalue weighted by molar-refractivity contribution is -0.117. The standard InChI is InChI=1S/C14H19N3O2S2/c1-14(2,3)17-13(20)21-10-7-5-4-6-9(10)12(19)16-8-11(15)18/h4-7H,8H2,1-3H3,(H2,15,18)(H,16,19)(H,17,20). The lowest BCUT2D eigenvalue weighted by atomic mass is 10.1. The number of carbonyl (C=O) groups is 2. The zero-order valence-electron chi connectivity index (χ0n) is 12.2. The molecule has 0 saturated heterocycles. The molecule has 0 saturated carbocycles. The molecule has 0 atom stereocenters. The van der Waals surface area contributed by atoms with Crippen LogP contribution >= 0.6 is 24.0 Å². The highest BCUT2D eigenvalue weighted by molar-refractivity contribution is 8.23. The molecule has 0 unspecified atom stereocenters. The van der Waals surface area contributed by atoms with Gasteiger partial charge in [-0.1, -0.05) is 36.1 Å². The van der Waals surface area contributed by atoms with Gasteiger partial charge in [-0.3, -0.25) is 9.59 Å². The number of nitrogens with two attached hydrogens (primary N) is 1. The number of rotatable bonds is 4. The van der Waals surface area contributed by atoms with E-state index in [1.165, 1.54) is 11.8 Å². The highest BCUT2D eigenvalue weighted by Crippen LogP contribution is 2.24. The summed E-state index contributed by atoms with van der Waals surface area (Å²) in [5.74, 6) is -0.936. The second kappa shape index (κ2) is 7.42. The van der Waals surface area contributed by atoms with Crippen LogP contribution in [0.5, 0.6) is 0 Å². The van der Waals surface area contributed by atoms with E-state index in [2.05, 4.69) is 10.6 Å². The van der Waals surface area contributed by atoms with Gasteiger partial charge < -0.3 is 16.4 Å². The summed E-state index contributed by atoms with van der Waals surface area (Å²) in [6.45, 7) is 5.82. The Morgan fingerprint density at radius 1 is 1.29 bits per heavy atom. The molecule has 0 heterocycles. The minimum absolute atomic E-state index is 0.146. The van der Waals surface area contributed by atoms with Gasteiger partial charge in [0.25, 0.3) is 5.91 Å². The van der Waals surface area contributed by atoms with Crippen molar-refractivity contribution in [2.75, 3.05) is 6.54 Å². The number of carbonyl (C=O) groups excluding carboxylic acids is 2. The third-order valence-corrected chi connectivity index (χ3v) is 3.45. The second-order valence-corrected chi connectivity index (χ2v) is 7.13. The van der Waals surface area contributed by atoms with E-state index in [4.69, 9.17) is 18.0 Å². The Morgan fingerprint density at radius 2 is 1.90 bits per heavy atom. The van der Waals surface area contributed by atoms with E-state index in [1.807, 2.05) is 26.8 Å². The quantitative estimate of drug-likeness (QED) is 0.579. The number of primary amides is 1. The summed E-state index contributed by atoms with van der Waals surface area (Å²) in [7, 11) is 0. The maximum atomic E-state index is 12.0. The zero-order chi connectivity index (χ0) is 16.0. The van der Waals surface area contributed by atoms with Crippen LogP contribution < -0.4 is 16.4 Å². The van der Waals surface area contributed by atoms with Crippen molar-refractivity contribution in [3.63, 3.8) is 0 Å². The lowest BCUT2D eigenvalue weighted by Gasteiger charge is -2.22. The van der Waals surface area contributed by atoms with Crippen LogP contribution in [0.3, 0.4) is 0 Å². The fraction of sp³-hybridized carbons (Fsp3) is 0.357. The van der Waals surface area contributed by atoms with Crippen molar-refractivity contribution < 1.29 is 9.59 Å². The molecule has 0 aromatic heterocycles. The van der Waals surface area contributed by atoms with E-state index in [0.29, 0.717) is 9.88 Å². The van der Waals surface area contributed by atoms with Crippen LogP contribution in [-0.4, -0.2) is 28.2 Å². The average molecular weight is 325 g/mol. The van der Waals surface area contributed by atoms with Gasteiger partial charge >= 0.3 is 0 Å². The molecule has 0 fully saturated rings. The van der Waals surface area contributed by atoms with Crippen LogP contribution in [-0.2, 0) is 4.79 Å². The van der Waals surface area contributed by atoms with Crippen LogP contribution in [0.15, 0.2) is 29.2 Å². The van der Waals surface area contributed by atoms with Crippen LogP contribution in [0.4, 0.5) is 0 Å². The summed E-state index contributed by atoms with van der Waals surface area (Å²) < 4.78 is 0.581. The number of hydrogen-bond donors (Lipinski definition) is 3. The zero-order valence-corrected chi connectivity index (χ0v) is 13.9. The number of thiocarbonyl (C=S) groups is 1. The Kier molecular flexibility index (Phi) is 6.17. The molecule has 1 rings (SSSR count). The van der Waals surface area contributed by atoms with Crippen molar-refractivity contribution in [3.05, 3.63) is 29.8 Å². The van der Waals surface area contributed by atoms with Crippen molar-refractivity contribution in [1.29, 1.82) is 0 Å². The van der Waals surface area contributed by atoms with Gasteiger partial charge in [0.2, 0.25) is 5.91 Å². The van der Waals surface area contributed by atoms with Gasteiger partial charge in [0.15, 0.2) is 0 Å². The Hall–Kier alpha value is -1.60. The fourth-order valence-electron chi connectivity index (χ4n) is 1.44. The Labute approximate surface area is 134 Å². The molecule has 5 nitrogen and oxygen atoms in total. The second-order valence-electron chi connectivity index (χ2n) is 5.41. The first kappa shape index (κ1) is 17.5. The molecular weight excluding hydrogens is 306 g/mol. The highest BCUT2D eigenvalue weighted by Gasteiger charge is 2.16. The van der Waals surface area contributed by atoms with Crippen molar-refractivity contribution in [3.8, 4) is 0 Å². The monoisotopic (exact) mass is 325 g/mol. The number of nitrogens with one attached hydrogen (secondary N) is 2. The third kappa shape index (κ3) is 6.59. The molecule has 21 heavy (non-hydrogen) atoms. The predicted octanol–water partition coefficient (Wildman–Crippen LogP) is 1.67. The van der Waals surface area contributed by atoms with Crippen LogP contribution in [0.25, 0.3) is 0 Å². The summed E-state index contributed by atoms with van der Waals surface area (Å²) in [5, 5.41) is 5.64. The van der Waals surface area contributed by atoms with Gasteiger partial charge in [-0.05, 0) is 32.9 Å². The molecule has 7 heteroatoms. The Balaban J connectivity index is 2.82. The first-order chi connectivity index (χ1) is 9.69. The highest BCUT2D eigenvalue weighted by atomic mass is 32.2. The number of benzene rings is 1. The maximum absolute atomic E-state index is 12.0. The van der Waals surface area contributed by atoms with Crippen LogP contribution in [0, 0.1) is 0 Å². The Morgan fingerprint density at radius 3 is 2.48 bits per heavy atom. The number of hydrogen-bond acceptors (Lipinski definition) is 4. The molecule has 0 aliphatic heterocycles. The molecule has 4 N–H and O–H groups in total. The van der Waals surface area contributed by atoms with Gasteiger partial charge in [0.05, 0.1) is 12.1 Å². The SMILES string of the molecule is CC(C)(C)NC(=S)Sc1ccccc1C(=O)NCC(N)=O. The summed E-state index contributed by atoms with van der Waals surface area (Å²) in [6, 6.07) is 7.06. The average Bonchev–Trinajstić information content (AvgIpc) is 2.34. The molecule has 2 amide bonds. The van der Waals surface area contributed by atoms with E-state index in [0.717, 1.165) is 4.90 Å². The van der Waals surface area contributed by atoms with Crippen molar-refractivity contribution in [2.24, 2.45) is 5.73 Å². The van der Waals surface area contributed by atoms with Crippen molar-refractivity contribution >= 4 is 40.1 Å². The molecular formula is C14H19N3O2S2. The van der Waals surface area contributed by atoms with Gasteiger partial charge in [-0.2, -0.15) is 0 Å². The molecule has 0 radical (unpaired) electrons. The molecule has 1 aromatic rings. The van der Waals surface area contributed by atoms with Gasteiger partial charge in [-0.25, -0.2) is 0 Å². The van der Waals surface area contributed by atoms with Crippen LogP contribution in [0.2, 0.25) is 0 Å². The third-order valence-electron chi connectivity index (χ3n) is 2.23. The fourth-order valence-corrected chi connectivity index (χ4v) is 2.99. The normalized spacial score (nSPS) is 10.8. The lowest BCUT2D eigenvalue weighted by Crippen LogP contribution is -2.38. The molecule has 1 aromatic carbocycles. The summed E-state index contributed by atoms with van der Waals surface area (Å²) in [5.41, 5.74) is 5.33. The largest absolute Gasteiger partial charge is 0.368 e. The summed E-state index contributed by atoms with van der Waals surface area (Å²) >= 11 is 6.59. The molecule has 0 spiro atoms. The smallest absolute Gasteiger partial charge is 0.252 e. The minimum atomic E-state index is -0.585. The van der Waals surface area contributed by atoms with Gasteiger partial charge in [0.1, 0.15) is 4.32 Å². The molecule has 0 aliphatic carbocycles. The molecule has 0 bridgehead atoms. The first-order valence-corrected chi connectivity index (χ1v) is 7.57.